The minimum atomic E-state index is -1.10. The largest absolute Gasteiger partial charge is 0.476 e. The molecule has 1 aliphatic heterocycles. The van der Waals surface area contributed by atoms with Gasteiger partial charge in [0.25, 0.3) is 5.91 Å². The zero-order valence-electron chi connectivity index (χ0n) is 28.6. The van der Waals surface area contributed by atoms with E-state index in [-0.39, 0.29) is 23.6 Å². The summed E-state index contributed by atoms with van der Waals surface area (Å²) in [7, 11) is 0. The van der Waals surface area contributed by atoms with Crippen LogP contribution in [-0.4, -0.2) is 55.0 Å². The van der Waals surface area contributed by atoms with E-state index in [4.69, 9.17) is 5.10 Å². The molecule has 0 bridgehead atoms. The fraction of sp³-hybridized carbons (Fsp3) is 0.410. The first-order chi connectivity index (χ1) is 24.2. The van der Waals surface area contributed by atoms with E-state index in [0.717, 1.165) is 59.1 Å². The SMILES string of the molecule is CC(CCO)CC1(Cn2cc(-c3ccc(N4CCc5cccc(C(=O)Nc6nc7ccccc7s6)c5C4)nc3C(=O)O)cn2)CCCC(C)C1. The van der Waals surface area contributed by atoms with Gasteiger partial charge in [-0.3, -0.25) is 14.8 Å². The lowest BCUT2D eigenvalue weighted by atomic mass is 9.66. The number of carbonyl (C=O) groups excluding carboxylic acids is 1. The number of benzene rings is 2. The molecule has 0 radical (unpaired) electrons. The van der Waals surface area contributed by atoms with Gasteiger partial charge in [0.15, 0.2) is 10.8 Å². The van der Waals surface area contributed by atoms with Gasteiger partial charge in [-0.05, 0) is 90.8 Å². The van der Waals surface area contributed by atoms with Crippen LogP contribution in [0.25, 0.3) is 21.3 Å². The molecule has 0 saturated heterocycles. The number of hydrogen-bond donors (Lipinski definition) is 3. The molecule has 11 heteroatoms. The van der Waals surface area contributed by atoms with E-state index in [1.807, 2.05) is 70.4 Å². The summed E-state index contributed by atoms with van der Waals surface area (Å²) in [5.41, 5.74) is 4.75. The molecule has 0 spiro atoms. The van der Waals surface area contributed by atoms with Crippen molar-refractivity contribution < 1.29 is 19.8 Å². The highest BCUT2D eigenvalue weighted by Gasteiger charge is 2.37. The molecule has 1 amide bonds. The zero-order valence-corrected chi connectivity index (χ0v) is 29.5. The van der Waals surface area contributed by atoms with Gasteiger partial charge >= 0.3 is 5.97 Å². The number of thiazole rings is 1. The van der Waals surface area contributed by atoms with Crippen LogP contribution in [0.4, 0.5) is 10.9 Å². The fourth-order valence-corrected chi connectivity index (χ4v) is 9.12. The second kappa shape index (κ2) is 14.3. The maximum Gasteiger partial charge on any atom is 0.355 e. The van der Waals surface area contributed by atoms with Crippen molar-refractivity contribution in [1.29, 1.82) is 0 Å². The first kappa shape index (κ1) is 33.9. The van der Waals surface area contributed by atoms with Crippen molar-refractivity contribution in [2.75, 3.05) is 23.4 Å². The van der Waals surface area contributed by atoms with Crippen molar-refractivity contribution in [3.8, 4) is 11.1 Å². The van der Waals surface area contributed by atoms with Crippen molar-refractivity contribution in [1.82, 2.24) is 19.7 Å². The van der Waals surface area contributed by atoms with Crippen LogP contribution in [0.2, 0.25) is 0 Å². The molecule has 3 unspecified atom stereocenters. The second-order valence-corrected chi connectivity index (χ2v) is 15.4. The molecule has 3 N–H and O–H groups in total. The molecular weight excluding hydrogens is 649 g/mol. The van der Waals surface area contributed by atoms with E-state index in [1.54, 1.807) is 6.20 Å². The molecule has 5 aromatic rings. The van der Waals surface area contributed by atoms with Crippen LogP contribution < -0.4 is 10.2 Å². The summed E-state index contributed by atoms with van der Waals surface area (Å²) in [6, 6.07) is 17.3. The number of aliphatic hydroxyl groups is 1. The van der Waals surface area contributed by atoms with Crippen LogP contribution in [0.5, 0.6) is 0 Å². The van der Waals surface area contributed by atoms with Crippen LogP contribution in [0.15, 0.2) is 67.0 Å². The van der Waals surface area contributed by atoms with Gasteiger partial charge in [0.1, 0.15) is 5.82 Å². The number of nitrogens with zero attached hydrogens (tertiary/aromatic N) is 5. The van der Waals surface area contributed by atoms with E-state index < -0.39 is 5.97 Å². The Hall–Kier alpha value is -4.61. The number of carbonyl (C=O) groups is 2. The molecule has 3 atom stereocenters. The van der Waals surface area contributed by atoms with Crippen molar-refractivity contribution in [3.05, 3.63) is 89.4 Å². The summed E-state index contributed by atoms with van der Waals surface area (Å²) in [5.74, 6) is 0.293. The molecule has 2 aliphatic rings. The molecular formula is C39H44N6O4S. The normalized spacial score (nSPS) is 19.7. The van der Waals surface area contributed by atoms with Crippen LogP contribution in [-0.2, 0) is 19.5 Å². The Morgan fingerprint density at radius 1 is 1.12 bits per heavy atom. The minimum Gasteiger partial charge on any atom is -0.476 e. The highest BCUT2D eigenvalue weighted by Crippen LogP contribution is 2.46. The summed E-state index contributed by atoms with van der Waals surface area (Å²) in [6.45, 7) is 6.59. The summed E-state index contributed by atoms with van der Waals surface area (Å²) in [4.78, 5) is 37.4. The minimum absolute atomic E-state index is 0.0210. The Bertz CT molecular complexity index is 1990. The number of aliphatic hydroxyl groups excluding tert-OH is 1. The number of amides is 1. The van der Waals surface area contributed by atoms with Crippen molar-refractivity contribution in [2.24, 2.45) is 17.3 Å². The van der Waals surface area contributed by atoms with Crippen LogP contribution in [0.1, 0.15) is 84.3 Å². The van der Waals surface area contributed by atoms with E-state index in [0.29, 0.717) is 53.4 Å². The molecule has 10 nitrogen and oxygen atoms in total. The number of aromatic carboxylic acids is 1. The monoisotopic (exact) mass is 692 g/mol. The van der Waals surface area contributed by atoms with Gasteiger partial charge in [0, 0.05) is 49.1 Å². The van der Waals surface area contributed by atoms with E-state index >= 15 is 0 Å². The third-order valence-electron chi connectivity index (χ3n) is 10.5. The number of para-hydroxylation sites is 1. The smallest absolute Gasteiger partial charge is 0.355 e. The highest BCUT2D eigenvalue weighted by molar-refractivity contribution is 7.22. The van der Waals surface area contributed by atoms with Gasteiger partial charge in [-0.1, -0.05) is 62.3 Å². The van der Waals surface area contributed by atoms with E-state index in [9.17, 15) is 19.8 Å². The number of nitrogens with one attached hydrogen (secondary N) is 1. The molecule has 260 valence electrons. The molecule has 4 heterocycles. The third-order valence-corrected chi connectivity index (χ3v) is 11.4. The molecule has 50 heavy (non-hydrogen) atoms. The fourth-order valence-electron chi connectivity index (χ4n) is 8.26. The second-order valence-electron chi connectivity index (χ2n) is 14.4. The van der Waals surface area contributed by atoms with Gasteiger partial charge in [-0.15, -0.1) is 0 Å². The first-order valence-electron chi connectivity index (χ1n) is 17.6. The number of pyridine rings is 1. The summed E-state index contributed by atoms with van der Waals surface area (Å²) in [5, 5.41) is 28.1. The third kappa shape index (κ3) is 7.15. The average molecular weight is 693 g/mol. The number of rotatable bonds is 11. The lowest BCUT2D eigenvalue weighted by Gasteiger charge is -2.42. The topological polar surface area (TPSA) is 133 Å². The Kier molecular flexibility index (Phi) is 9.70. The number of fused-ring (bicyclic) bond motifs is 2. The predicted molar refractivity (Wildman–Crippen MR) is 197 cm³/mol. The van der Waals surface area contributed by atoms with Crippen LogP contribution >= 0.6 is 11.3 Å². The molecule has 1 aliphatic carbocycles. The van der Waals surface area contributed by atoms with E-state index in [1.165, 1.54) is 24.2 Å². The molecule has 3 aromatic heterocycles. The predicted octanol–water partition coefficient (Wildman–Crippen LogP) is 7.67. The van der Waals surface area contributed by atoms with Gasteiger partial charge in [0.2, 0.25) is 0 Å². The Morgan fingerprint density at radius 3 is 2.78 bits per heavy atom. The van der Waals surface area contributed by atoms with Crippen molar-refractivity contribution >= 4 is 44.4 Å². The number of anilines is 2. The molecule has 7 rings (SSSR count). The Labute approximate surface area is 296 Å². The Balaban J connectivity index is 1.11. The lowest BCUT2D eigenvalue weighted by Crippen LogP contribution is -2.34. The number of carboxylic acids is 1. The average Bonchev–Trinajstić information content (AvgIpc) is 3.73. The van der Waals surface area contributed by atoms with Crippen LogP contribution in [0.3, 0.4) is 0 Å². The van der Waals surface area contributed by atoms with Crippen molar-refractivity contribution in [2.45, 2.75) is 71.9 Å². The van der Waals surface area contributed by atoms with Crippen molar-refractivity contribution in [3.63, 3.8) is 0 Å². The Morgan fingerprint density at radius 2 is 1.98 bits per heavy atom. The maximum absolute atomic E-state index is 13.5. The summed E-state index contributed by atoms with van der Waals surface area (Å²) >= 11 is 1.44. The maximum atomic E-state index is 13.5. The number of carboxylic acid groups (broad SMARTS) is 1. The number of aromatic nitrogens is 4. The quantitative estimate of drug-likeness (QED) is 0.128. The molecule has 1 fully saturated rings. The van der Waals surface area contributed by atoms with Gasteiger partial charge in [0.05, 0.1) is 16.4 Å². The summed E-state index contributed by atoms with van der Waals surface area (Å²) < 4.78 is 2.98. The lowest BCUT2D eigenvalue weighted by molar-refractivity contribution is 0.0691. The first-order valence-corrected chi connectivity index (χ1v) is 18.4. The number of hydrogen-bond acceptors (Lipinski definition) is 8. The van der Waals surface area contributed by atoms with Gasteiger partial charge in [-0.2, -0.15) is 5.10 Å². The van der Waals surface area contributed by atoms with Crippen LogP contribution in [0, 0.1) is 17.3 Å². The molecule has 2 aromatic carbocycles. The summed E-state index contributed by atoms with van der Waals surface area (Å²) in [6.07, 6.45) is 10.9. The zero-order chi connectivity index (χ0) is 34.8. The molecule has 1 saturated carbocycles. The highest BCUT2D eigenvalue weighted by atomic mass is 32.1. The van der Waals surface area contributed by atoms with E-state index in [2.05, 4.69) is 29.1 Å². The standard InChI is InChI=1S/C39H44N6O4S/c1-25-7-6-16-39(19-25,20-26(2)15-18-46)24-45-22-28(21-40-45)29-12-13-34(42-35(29)37(48)49)44-17-14-27-8-5-9-30(31(27)23-44)36(47)43-38-41-32-10-3-4-11-33(32)50-38/h3-5,8-13,21-22,25-26,46H,6-7,14-20,23-24H2,1-2H3,(H,48,49)(H,41,43,47). The van der Waals surface area contributed by atoms with Gasteiger partial charge in [-0.25, -0.2) is 14.8 Å². The van der Waals surface area contributed by atoms with Gasteiger partial charge < -0.3 is 15.1 Å².